The van der Waals surface area contributed by atoms with Crippen LogP contribution >= 0.6 is 0 Å². The van der Waals surface area contributed by atoms with E-state index in [0.29, 0.717) is 31.2 Å². The first-order valence-electron chi connectivity index (χ1n) is 7.25. The summed E-state index contributed by atoms with van der Waals surface area (Å²) in [4.78, 5) is 13.8. The van der Waals surface area contributed by atoms with Crippen molar-refractivity contribution in [2.45, 2.75) is 45.1 Å². The van der Waals surface area contributed by atoms with Crippen molar-refractivity contribution in [3.63, 3.8) is 0 Å². The van der Waals surface area contributed by atoms with E-state index in [4.69, 9.17) is 0 Å². The van der Waals surface area contributed by atoms with Crippen LogP contribution in [0.15, 0.2) is 0 Å². The fourth-order valence-electron chi connectivity index (χ4n) is 3.39. The van der Waals surface area contributed by atoms with Crippen LogP contribution in [0.25, 0.3) is 0 Å². The first-order valence-corrected chi connectivity index (χ1v) is 7.25. The van der Waals surface area contributed by atoms with Gasteiger partial charge in [-0.3, -0.25) is 9.69 Å². The van der Waals surface area contributed by atoms with Crippen LogP contribution in [0.5, 0.6) is 0 Å². The molecule has 19 heavy (non-hydrogen) atoms. The second-order valence-corrected chi connectivity index (χ2v) is 6.26. The number of carbonyl (C=O) groups excluding carboxylic acids is 1. The van der Waals surface area contributed by atoms with Crippen LogP contribution in [0.2, 0.25) is 0 Å². The van der Waals surface area contributed by atoms with Crippen LogP contribution in [0.1, 0.15) is 33.1 Å². The van der Waals surface area contributed by atoms with Crippen LogP contribution in [0.3, 0.4) is 0 Å². The Morgan fingerprint density at radius 2 is 1.79 bits per heavy atom. The molecular formula is C14H24F2N2O. The number of carbonyl (C=O) groups is 1. The maximum atomic E-state index is 14.1. The van der Waals surface area contributed by atoms with Gasteiger partial charge in [-0.2, -0.15) is 0 Å². The highest BCUT2D eigenvalue weighted by Gasteiger charge is 2.47. The Hall–Kier alpha value is -0.710. The molecule has 1 unspecified atom stereocenters. The van der Waals surface area contributed by atoms with Gasteiger partial charge >= 0.3 is 0 Å². The summed E-state index contributed by atoms with van der Waals surface area (Å²) >= 11 is 0. The van der Waals surface area contributed by atoms with Crippen molar-refractivity contribution >= 4 is 6.41 Å². The summed E-state index contributed by atoms with van der Waals surface area (Å²) in [6.07, 6.45) is 2.95. The molecule has 2 rings (SSSR count). The Balaban J connectivity index is 1.94. The molecule has 2 saturated heterocycles. The molecule has 2 fully saturated rings. The van der Waals surface area contributed by atoms with Crippen molar-refractivity contribution in [1.29, 1.82) is 0 Å². The zero-order valence-corrected chi connectivity index (χ0v) is 11.8. The Labute approximate surface area is 113 Å². The summed E-state index contributed by atoms with van der Waals surface area (Å²) in [5.74, 6) is -1.47. The molecule has 2 aliphatic heterocycles. The lowest BCUT2D eigenvalue weighted by molar-refractivity contribution is -0.147. The van der Waals surface area contributed by atoms with Gasteiger partial charge in [0.25, 0.3) is 5.92 Å². The van der Waals surface area contributed by atoms with E-state index < -0.39 is 18.5 Å². The van der Waals surface area contributed by atoms with Crippen molar-refractivity contribution in [1.82, 2.24) is 9.80 Å². The molecule has 3 nitrogen and oxygen atoms in total. The van der Waals surface area contributed by atoms with Crippen LogP contribution in [-0.2, 0) is 4.79 Å². The Kier molecular flexibility index (Phi) is 4.43. The standard InChI is InChI=1S/C14H24F2N2O/c1-11(2)12-3-7-18(8-4-12)13-5-6-17(10-19)9-14(13,15)16/h10-13H,3-9H2,1-2H3. The lowest BCUT2D eigenvalue weighted by Crippen LogP contribution is -2.59. The number of alkyl halides is 2. The second-order valence-electron chi connectivity index (χ2n) is 6.26. The third-order valence-corrected chi connectivity index (χ3v) is 4.70. The van der Waals surface area contributed by atoms with Gasteiger partial charge in [0.05, 0.1) is 12.6 Å². The number of piperidine rings is 2. The molecule has 1 atom stereocenters. The maximum absolute atomic E-state index is 14.1. The molecule has 0 aromatic heterocycles. The first kappa shape index (κ1) is 14.7. The van der Waals surface area contributed by atoms with E-state index in [1.54, 1.807) is 0 Å². The highest BCUT2D eigenvalue weighted by molar-refractivity contribution is 5.47. The quantitative estimate of drug-likeness (QED) is 0.737. The maximum Gasteiger partial charge on any atom is 0.280 e. The predicted octanol–water partition coefficient (Wildman–Crippen LogP) is 2.22. The predicted molar refractivity (Wildman–Crippen MR) is 70.1 cm³/mol. The zero-order chi connectivity index (χ0) is 14.0. The number of likely N-dealkylation sites (tertiary alicyclic amines) is 2. The summed E-state index contributed by atoms with van der Waals surface area (Å²) in [6.45, 7) is 5.97. The van der Waals surface area contributed by atoms with Gasteiger partial charge in [-0.15, -0.1) is 0 Å². The molecular weight excluding hydrogens is 250 g/mol. The van der Waals surface area contributed by atoms with Crippen molar-refractivity contribution in [3.8, 4) is 0 Å². The zero-order valence-electron chi connectivity index (χ0n) is 11.8. The number of nitrogens with zero attached hydrogens (tertiary/aromatic N) is 2. The fraction of sp³-hybridized carbons (Fsp3) is 0.929. The highest BCUT2D eigenvalue weighted by atomic mass is 19.3. The Morgan fingerprint density at radius 3 is 2.26 bits per heavy atom. The minimum absolute atomic E-state index is 0.387. The van der Waals surface area contributed by atoms with Gasteiger partial charge in [-0.05, 0) is 44.2 Å². The Bertz CT molecular complexity index is 315. The van der Waals surface area contributed by atoms with Gasteiger partial charge in [-0.25, -0.2) is 8.78 Å². The van der Waals surface area contributed by atoms with Gasteiger partial charge < -0.3 is 4.90 Å². The molecule has 5 heteroatoms. The van der Waals surface area contributed by atoms with Gasteiger partial charge in [0.2, 0.25) is 6.41 Å². The highest BCUT2D eigenvalue weighted by Crippen LogP contribution is 2.34. The van der Waals surface area contributed by atoms with E-state index in [9.17, 15) is 13.6 Å². The fourth-order valence-corrected chi connectivity index (χ4v) is 3.39. The van der Waals surface area contributed by atoms with E-state index in [2.05, 4.69) is 13.8 Å². The van der Waals surface area contributed by atoms with Gasteiger partial charge in [0, 0.05) is 6.54 Å². The molecule has 0 N–H and O–H groups in total. The summed E-state index contributed by atoms with van der Waals surface area (Å²) in [5.41, 5.74) is 0. The summed E-state index contributed by atoms with van der Waals surface area (Å²) < 4.78 is 28.2. The molecule has 0 spiro atoms. The molecule has 0 bridgehead atoms. The van der Waals surface area contributed by atoms with Crippen LogP contribution in [-0.4, -0.2) is 54.4 Å². The monoisotopic (exact) mass is 274 g/mol. The van der Waals surface area contributed by atoms with Gasteiger partial charge in [0.15, 0.2) is 0 Å². The SMILES string of the molecule is CC(C)C1CCN(C2CCN(C=O)CC2(F)F)CC1. The minimum Gasteiger partial charge on any atom is -0.339 e. The second kappa shape index (κ2) is 5.73. The third kappa shape index (κ3) is 3.25. The van der Waals surface area contributed by atoms with E-state index in [1.807, 2.05) is 4.90 Å². The number of hydrogen-bond acceptors (Lipinski definition) is 2. The molecule has 0 saturated carbocycles. The molecule has 2 aliphatic rings. The third-order valence-electron chi connectivity index (χ3n) is 4.70. The number of halogens is 2. The summed E-state index contributed by atoms with van der Waals surface area (Å²) in [5, 5.41) is 0. The number of amides is 1. The lowest BCUT2D eigenvalue weighted by Gasteiger charge is -2.45. The van der Waals surface area contributed by atoms with Crippen molar-refractivity contribution < 1.29 is 13.6 Å². The molecule has 110 valence electrons. The van der Waals surface area contributed by atoms with Gasteiger partial charge in [0.1, 0.15) is 0 Å². The van der Waals surface area contributed by atoms with E-state index >= 15 is 0 Å². The van der Waals surface area contributed by atoms with E-state index in [0.717, 1.165) is 25.9 Å². The molecule has 0 aromatic carbocycles. The van der Waals surface area contributed by atoms with Gasteiger partial charge in [-0.1, -0.05) is 13.8 Å². The van der Waals surface area contributed by atoms with Crippen LogP contribution < -0.4 is 0 Å². The molecule has 0 aliphatic carbocycles. The molecule has 0 radical (unpaired) electrons. The first-order chi connectivity index (χ1) is 8.94. The van der Waals surface area contributed by atoms with Crippen molar-refractivity contribution in [2.75, 3.05) is 26.2 Å². The molecule has 0 aromatic rings. The average molecular weight is 274 g/mol. The van der Waals surface area contributed by atoms with E-state index in [1.165, 1.54) is 4.90 Å². The minimum atomic E-state index is -2.77. The molecule has 2 heterocycles. The average Bonchev–Trinajstić information content (AvgIpc) is 2.37. The van der Waals surface area contributed by atoms with Crippen LogP contribution in [0, 0.1) is 11.8 Å². The largest absolute Gasteiger partial charge is 0.339 e. The van der Waals surface area contributed by atoms with Crippen molar-refractivity contribution in [2.24, 2.45) is 11.8 Å². The van der Waals surface area contributed by atoms with Crippen molar-refractivity contribution in [3.05, 3.63) is 0 Å². The smallest absolute Gasteiger partial charge is 0.280 e. The summed E-state index contributed by atoms with van der Waals surface area (Å²) in [7, 11) is 0. The Morgan fingerprint density at radius 1 is 1.16 bits per heavy atom. The number of rotatable bonds is 3. The number of hydrogen-bond donors (Lipinski definition) is 0. The molecule has 1 amide bonds. The summed E-state index contributed by atoms with van der Waals surface area (Å²) in [6, 6.07) is -0.684. The lowest BCUT2D eigenvalue weighted by atomic mass is 9.85. The topological polar surface area (TPSA) is 23.6 Å². The van der Waals surface area contributed by atoms with Crippen LogP contribution in [0.4, 0.5) is 8.78 Å². The van der Waals surface area contributed by atoms with E-state index in [-0.39, 0.29) is 0 Å². The normalized spacial score (nSPS) is 29.7.